The molecule has 0 radical (unpaired) electrons. The molecule has 3 aromatic rings. The lowest BCUT2D eigenvalue weighted by Crippen LogP contribution is -2.24. The number of carbonyl (C=O) groups excluding carboxylic acids is 1. The molecular weight excluding hydrogens is 338 g/mol. The van der Waals surface area contributed by atoms with Gasteiger partial charge < -0.3 is 10.6 Å². The highest BCUT2D eigenvalue weighted by Gasteiger charge is 2.11. The molecule has 3 rings (SSSR count). The minimum Gasteiger partial charge on any atom is -0.347 e. The summed E-state index contributed by atoms with van der Waals surface area (Å²) < 4.78 is 27.2. The topological polar surface area (TPSA) is 66.9 Å². The molecule has 0 aliphatic rings. The van der Waals surface area contributed by atoms with E-state index in [1.54, 1.807) is 0 Å². The first-order valence-electron chi connectivity index (χ1n) is 7.92. The van der Waals surface area contributed by atoms with Crippen molar-refractivity contribution >= 4 is 17.4 Å². The first kappa shape index (κ1) is 17.5. The number of anilines is 2. The molecule has 2 aromatic carbocycles. The zero-order valence-electron chi connectivity index (χ0n) is 14.0. The second-order valence-electron chi connectivity index (χ2n) is 5.63. The van der Waals surface area contributed by atoms with Crippen LogP contribution in [0.5, 0.6) is 0 Å². The standard InChI is InChI=1S/C19H16F2N4O/c1-12-5-2-3-6-13(12)11-22-19(26)16-9-10-17(25-24-16)23-18-14(20)7-4-8-15(18)21/h2-10H,11H2,1H3,(H,22,26)(H,23,25). The van der Waals surface area contributed by atoms with E-state index < -0.39 is 11.6 Å². The van der Waals surface area contributed by atoms with Crippen LogP contribution in [0.4, 0.5) is 20.3 Å². The summed E-state index contributed by atoms with van der Waals surface area (Å²) in [5, 5.41) is 12.9. The van der Waals surface area contributed by atoms with Gasteiger partial charge in [0.2, 0.25) is 0 Å². The number of halogens is 2. The van der Waals surface area contributed by atoms with Gasteiger partial charge in [0.1, 0.15) is 17.3 Å². The first-order chi connectivity index (χ1) is 12.5. The number of para-hydroxylation sites is 1. The molecule has 0 aliphatic carbocycles. The molecule has 2 N–H and O–H groups in total. The molecule has 0 saturated carbocycles. The molecule has 0 saturated heterocycles. The highest BCUT2D eigenvalue weighted by molar-refractivity contribution is 5.92. The number of nitrogens with one attached hydrogen (secondary N) is 2. The molecule has 132 valence electrons. The number of hydrogen-bond donors (Lipinski definition) is 2. The van der Waals surface area contributed by atoms with E-state index in [2.05, 4.69) is 20.8 Å². The van der Waals surface area contributed by atoms with Crippen molar-refractivity contribution in [2.75, 3.05) is 5.32 Å². The van der Waals surface area contributed by atoms with Crippen molar-refractivity contribution < 1.29 is 13.6 Å². The van der Waals surface area contributed by atoms with E-state index in [0.29, 0.717) is 6.54 Å². The van der Waals surface area contributed by atoms with E-state index in [0.717, 1.165) is 23.3 Å². The van der Waals surface area contributed by atoms with E-state index in [4.69, 9.17) is 0 Å². The Bertz CT molecular complexity index is 909. The monoisotopic (exact) mass is 354 g/mol. The summed E-state index contributed by atoms with van der Waals surface area (Å²) in [7, 11) is 0. The van der Waals surface area contributed by atoms with Gasteiger partial charge in [-0.25, -0.2) is 8.78 Å². The molecule has 0 bridgehead atoms. The largest absolute Gasteiger partial charge is 0.347 e. The Kier molecular flexibility index (Phi) is 5.17. The molecule has 1 heterocycles. The van der Waals surface area contributed by atoms with Crippen LogP contribution in [0.2, 0.25) is 0 Å². The normalized spacial score (nSPS) is 10.4. The highest BCUT2D eigenvalue weighted by Crippen LogP contribution is 2.21. The summed E-state index contributed by atoms with van der Waals surface area (Å²) in [4.78, 5) is 12.2. The summed E-state index contributed by atoms with van der Waals surface area (Å²) in [5.74, 6) is -1.74. The zero-order valence-corrected chi connectivity index (χ0v) is 14.0. The van der Waals surface area contributed by atoms with E-state index in [1.807, 2.05) is 31.2 Å². The smallest absolute Gasteiger partial charge is 0.272 e. The average molecular weight is 354 g/mol. The summed E-state index contributed by atoms with van der Waals surface area (Å²) in [6, 6.07) is 14.1. The van der Waals surface area contributed by atoms with Crippen molar-refractivity contribution in [1.29, 1.82) is 0 Å². The van der Waals surface area contributed by atoms with Gasteiger partial charge in [-0.2, -0.15) is 0 Å². The Balaban J connectivity index is 1.65. The van der Waals surface area contributed by atoms with Gasteiger partial charge in [0, 0.05) is 6.54 Å². The number of aromatic nitrogens is 2. The maximum atomic E-state index is 13.6. The van der Waals surface area contributed by atoms with Crippen LogP contribution < -0.4 is 10.6 Å². The Morgan fingerprint density at radius 1 is 0.962 bits per heavy atom. The van der Waals surface area contributed by atoms with Crippen LogP contribution in [0.3, 0.4) is 0 Å². The highest BCUT2D eigenvalue weighted by atomic mass is 19.1. The van der Waals surface area contributed by atoms with Crippen LogP contribution in [0.25, 0.3) is 0 Å². The summed E-state index contributed by atoms with van der Waals surface area (Å²) >= 11 is 0. The quantitative estimate of drug-likeness (QED) is 0.733. The number of benzene rings is 2. The summed E-state index contributed by atoms with van der Waals surface area (Å²) in [6.45, 7) is 2.33. The molecule has 0 fully saturated rings. The fraction of sp³-hybridized carbons (Fsp3) is 0.105. The maximum absolute atomic E-state index is 13.6. The summed E-state index contributed by atoms with van der Waals surface area (Å²) in [5.41, 5.74) is 1.86. The SMILES string of the molecule is Cc1ccccc1CNC(=O)c1ccc(Nc2c(F)cccc2F)nn1. The molecule has 0 unspecified atom stereocenters. The van der Waals surface area contributed by atoms with E-state index in [-0.39, 0.29) is 23.1 Å². The number of rotatable bonds is 5. The molecular formula is C19H16F2N4O. The second kappa shape index (κ2) is 7.69. The minimum atomic E-state index is -0.744. The van der Waals surface area contributed by atoms with E-state index in [1.165, 1.54) is 18.2 Å². The van der Waals surface area contributed by atoms with Crippen LogP contribution >= 0.6 is 0 Å². The minimum absolute atomic E-state index is 0.109. The third-order valence-corrected chi connectivity index (χ3v) is 3.81. The van der Waals surface area contributed by atoms with E-state index >= 15 is 0 Å². The molecule has 26 heavy (non-hydrogen) atoms. The van der Waals surface area contributed by atoms with Crippen LogP contribution in [0.1, 0.15) is 21.6 Å². The van der Waals surface area contributed by atoms with Gasteiger partial charge in [-0.05, 0) is 42.3 Å². The van der Waals surface area contributed by atoms with Crippen molar-refractivity contribution in [3.63, 3.8) is 0 Å². The number of hydrogen-bond acceptors (Lipinski definition) is 4. The molecule has 1 amide bonds. The number of amides is 1. The van der Waals surface area contributed by atoms with E-state index in [9.17, 15) is 13.6 Å². The fourth-order valence-electron chi connectivity index (χ4n) is 2.34. The van der Waals surface area contributed by atoms with Gasteiger partial charge in [-0.3, -0.25) is 4.79 Å². The molecule has 1 aromatic heterocycles. The molecule has 0 atom stereocenters. The van der Waals surface area contributed by atoms with Crippen molar-refractivity contribution in [2.24, 2.45) is 0 Å². The average Bonchev–Trinajstić information content (AvgIpc) is 2.64. The lowest BCUT2D eigenvalue weighted by atomic mass is 10.1. The van der Waals surface area contributed by atoms with Crippen molar-refractivity contribution in [1.82, 2.24) is 15.5 Å². The lowest BCUT2D eigenvalue weighted by molar-refractivity contribution is 0.0945. The fourth-order valence-corrected chi connectivity index (χ4v) is 2.34. The third kappa shape index (κ3) is 4.00. The molecule has 5 nitrogen and oxygen atoms in total. The van der Waals surface area contributed by atoms with Crippen LogP contribution in [0.15, 0.2) is 54.6 Å². The van der Waals surface area contributed by atoms with Crippen LogP contribution in [-0.2, 0) is 6.54 Å². The Morgan fingerprint density at radius 2 is 1.69 bits per heavy atom. The second-order valence-corrected chi connectivity index (χ2v) is 5.63. The Hall–Kier alpha value is -3.35. The Labute approximate surface area is 149 Å². The van der Waals surface area contributed by atoms with Crippen LogP contribution in [0, 0.1) is 18.6 Å². The number of nitrogens with zero attached hydrogens (tertiary/aromatic N) is 2. The lowest BCUT2D eigenvalue weighted by Gasteiger charge is -2.09. The first-order valence-corrected chi connectivity index (χ1v) is 7.92. The van der Waals surface area contributed by atoms with Crippen LogP contribution in [-0.4, -0.2) is 16.1 Å². The van der Waals surface area contributed by atoms with Crippen molar-refractivity contribution in [2.45, 2.75) is 13.5 Å². The summed E-state index contributed by atoms with van der Waals surface area (Å²) in [6.07, 6.45) is 0. The van der Waals surface area contributed by atoms with Gasteiger partial charge in [0.15, 0.2) is 11.5 Å². The number of carbonyl (C=O) groups is 1. The maximum Gasteiger partial charge on any atom is 0.272 e. The molecule has 7 heteroatoms. The predicted molar refractivity (Wildman–Crippen MR) is 94.0 cm³/mol. The molecule has 0 spiro atoms. The van der Waals surface area contributed by atoms with Crippen molar-refractivity contribution in [3.8, 4) is 0 Å². The van der Waals surface area contributed by atoms with Gasteiger partial charge in [0.25, 0.3) is 5.91 Å². The van der Waals surface area contributed by atoms with Crippen molar-refractivity contribution in [3.05, 3.63) is 83.1 Å². The zero-order chi connectivity index (χ0) is 18.5. The van der Waals surface area contributed by atoms with Gasteiger partial charge in [-0.1, -0.05) is 30.3 Å². The van der Waals surface area contributed by atoms with Gasteiger partial charge >= 0.3 is 0 Å². The van der Waals surface area contributed by atoms with Gasteiger partial charge in [-0.15, -0.1) is 10.2 Å². The predicted octanol–water partition coefficient (Wildman–Crippen LogP) is 3.74. The molecule has 0 aliphatic heterocycles. The van der Waals surface area contributed by atoms with Gasteiger partial charge in [0.05, 0.1) is 0 Å². The Morgan fingerprint density at radius 3 is 2.35 bits per heavy atom. The number of aryl methyl sites for hydroxylation is 1. The third-order valence-electron chi connectivity index (χ3n) is 3.81.